The molecule has 0 spiro atoms. The summed E-state index contributed by atoms with van der Waals surface area (Å²) in [4.78, 5) is 14.5. The van der Waals surface area contributed by atoms with Gasteiger partial charge in [0.15, 0.2) is 0 Å². The van der Waals surface area contributed by atoms with Crippen LogP contribution in [0.2, 0.25) is 0 Å². The van der Waals surface area contributed by atoms with Gasteiger partial charge < -0.3 is 16.0 Å². The number of nitrogens with zero attached hydrogens (tertiary/aromatic N) is 1. The zero-order chi connectivity index (χ0) is 16.0. The molecule has 2 rings (SSSR count). The normalized spacial score (nSPS) is 20.5. The van der Waals surface area contributed by atoms with Crippen LogP contribution in [0.15, 0.2) is 23.9 Å². The minimum absolute atomic E-state index is 0.0960. The summed E-state index contributed by atoms with van der Waals surface area (Å²) in [6.07, 6.45) is 11.9. The van der Waals surface area contributed by atoms with Gasteiger partial charge >= 0.3 is 0 Å². The first-order chi connectivity index (χ1) is 10.6. The number of carbonyl (C=O) groups excluding carboxylic acids is 1. The lowest BCUT2D eigenvalue weighted by molar-refractivity contribution is -0.124. The molecule has 0 aromatic carbocycles. The number of likely N-dealkylation sites (tertiary alicyclic amines) is 1. The van der Waals surface area contributed by atoms with Gasteiger partial charge in [-0.15, -0.1) is 0 Å². The van der Waals surface area contributed by atoms with E-state index < -0.39 is 0 Å². The van der Waals surface area contributed by atoms with Crippen molar-refractivity contribution in [3.05, 3.63) is 23.9 Å². The van der Waals surface area contributed by atoms with Crippen LogP contribution in [0, 0.1) is 11.3 Å². The Morgan fingerprint density at radius 2 is 2.23 bits per heavy atom. The molecule has 22 heavy (non-hydrogen) atoms. The van der Waals surface area contributed by atoms with Gasteiger partial charge in [0, 0.05) is 43.1 Å². The van der Waals surface area contributed by atoms with Crippen molar-refractivity contribution in [1.29, 1.82) is 0 Å². The number of nitrogens with two attached hydrogens (primary N) is 1. The topological polar surface area (TPSA) is 58.4 Å². The van der Waals surface area contributed by atoms with Crippen LogP contribution in [-0.2, 0) is 4.79 Å². The second-order valence-electron chi connectivity index (χ2n) is 6.84. The number of unbranched alkanes of at least 4 members (excludes halogenated alkanes) is 1. The molecule has 0 radical (unpaired) electrons. The summed E-state index contributed by atoms with van der Waals surface area (Å²) in [5.41, 5.74) is 7.25. The predicted molar refractivity (Wildman–Crippen MR) is 91.2 cm³/mol. The number of amides is 1. The van der Waals surface area contributed by atoms with Crippen LogP contribution in [0.4, 0.5) is 0 Å². The Balaban J connectivity index is 1.67. The number of rotatable bonds is 10. The van der Waals surface area contributed by atoms with Crippen molar-refractivity contribution in [2.45, 2.75) is 46.0 Å². The highest BCUT2D eigenvalue weighted by molar-refractivity contribution is 5.78. The summed E-state index contributed by atoms with van der Waals surface area (Å²) >= 11 is 0. The molecule has 1 amide bonds. The number of hydrogen-bond donors (Lipinski definition) is 2. The zero-order valence-electron chi connectivity index (χ0n) is 14.1. The number of carbonyl (C=O) groups is 1. The standard InChI is InChI=1S/C18H31N3O/c1-3-9-18(13-21(14-18)16-7-8-16)10-12-20-17(22)15(2)6-4-5-11-19/h3,7,9,15H,4-6,8,10-14,19H2,1-2H3,(H,20,22)/b9-3-/t15-/m1/s1. The molecule has 4 nitrogen and oxygen atoms in total. The van der Waals surface area contributed by atoms with Crippen molar-refractivity contribution in [2.24, 2.45) is 17.1 Å². The first-order valence-electron chi connectivity index (χ1n) is 8.66. The summed E-state index contributed by atoms with van der Waals surface area (Å²) in [6.45, 7) is 7.79. The lowest BCUT2D eigenvalue weighted by Crippen LogP contribution is -2.54. The van der Waals surface area contributed by atoms with Gasteiger partial charge in [0.25, 0.3) is 0 Å². The number of hydrogen-bond acceptors (Lipinski definition) is 3. The molecule has 4 heteroatoms. The van der Waals surface area contributed by atoms with Crippen LogP contribution < -0.4 is 11.1 Å². The van der Waals surface area contributed by atoms with Crippen molar-refractivity contribution >= 4 is 5.91 Å². The van der Waals surface area contributed by atoms with Gasteiger partial charge in [-0.25, -0.2) is 0 Å². The average molecular weight is 305 g/mol. The monoisotopic (exact) mass is 305 g/mol. The molecule has 124 valence electrons. The van der Waals surface area contributed by atoms with Gasteiger partial charge in [-0.3, -0.25) is 4.79 Å². The SMILES string of the molecule is C/C=C\C1(CCNC(=O)[C@H](C)CCCCN)CN(C2=CC2)C1. The zero-order valence-corrected chi connectivity index (χ0v) is 14.1. The van der Waals surface area contributed by atoms with Gasteiger partial charge in [0.1, 0.15) is 0 Å². The van der Waals surface area contributed by atoms with Crippen LogP contribution in [0.1, 0.15) is 46.0 Å². The molecule has 3 N–H and O–H groups in total. The van der Waals surface area contributed by atoms with Gasteiger partial charge in [0.2, 0.25) is 5.91 Å². The lowest BCUT2D eigenvalue weighted by Gasteiger charge is -2.49. The maximum Gasteiger partial charge on any atom is 0.222 e. The minimum atomic E-state index is 0.0960. The molecule has 1 saturated heterocycles. The molecule has 1 heterocycles. The molecule has 0 aromatic rings. The minimum Gasteiger partial charge on any atom is -0.373 e. The van der Waals surface area contributed by atoms with Gasteiger partial charge in [-0.05, 0) is 32.7 Å². The van der Waals surface area contributed by atoms with E-state index in [1.807, 2.05) is 6.92 Å². The third kappa shape index (κ3) is 4.60. The van der Waals surface area contributed by atoms with E-state index in [1.165, 1.54) is 12.1 Å². The Hall–Kier alpha value is -1.29. The van der Waals surface area contributed by atoms with Gasteiger partial charge in [0.05, 0.1) is 0 Å². The van der Waals surface area contributed by atoms with E-state index in [9.17, 15) is 4.79 Å². The first kappa shape index (κ1) is 17.1. The van der Waals surface area contributed by atoms with E-state index in [4.69, 9.17) is 5.73 Å². The highest BCUT2D eigenvalue weighted by Crippen LogP contribution is 2.41. The van der Waals surface area contributed by atoms with Crippen LogP contribution in [0.3, 0.4) is 0 Å². The molecule has 0 unspecified atom stereocenters. The first-order valence-corrected chi connectivity index (χ1v) is 8.66. The molecule has 0 aromatic heterocycles. The average Bonchev–Trinajstić information content (AvgIpc) is 3.28. The third-order valence-corrected chi connectivity index (χ3v) is 4.79. The van der Waals surface area contributed by atoms with Crippen molar-refractivity contribution in [3.8, 4) is 0 Å². The maximum absolute atomic E-state index is 12.1. The van der Waals surface area contributed by atoms with E-state index in [1.54, 1.807) is 0 Å². The predicted octanol–water partition coefficient (Wildman–Crippen LogP) is 2.42. The molecule has 1 aliphatic carbocycles. The second kappa shape index (κ2) is 7.82. The van der Waals surface area contributed by atoms with Crippen molar-refractivity contribution in [2.75, 3.05) is 26.2 Å². The molecular weight excluding hydrogens is 274 g/mol. The lowest BCUT2D eigenvalue weighted by atomic mass is 9.76. The molecular formula is C18H31N3O. The van der Waals surface area contributed by atoms with Crippen LogP contribution >= 0.6 is 0 Å². The Morgan fingerprint density at radius 1 is 1.50 bits per heavy atom. The van der Waals surface area contributed by atoms with Gasteiger partial charge in [-0.1, -0.05) is 31.6 Å². The molecule has 1 fully saturated rings. The van der Waals surface area contributed by atoms with Crippen LogP contribution in [-0.4, -0.2) is 37.0 Å². The maximum atomic E-state index is 12.1. The highest BCUT2D eigenvalue weighted by Gasteiger charge is 2.42. The summed E-state index contributed by atoms with van der Waals surface area (Å²) in [7, 11) is 0. The molecule has 2 aliphatic rings. The smallest absolute Gasteiger partial charge is 0.222 e. The number of nitrogens with one attached hydrogen (secondary N) is 1. The third-order valence-electron chi connectivity index (χ3n) is 4.79. The summed E-state index contributed by atoms with van der Waals surface area (Å²) in [5.74, 6) is 0.285. The molecule has 0 bridgehead atoms. The Kier molecular flexibility index (Phi) is 6.07. The molecule has 0 saturated carbocycles. The fourth-order valence-corrected chi connectivity index (χ4v) is 3.26. The van der Waals surface area contributed by atoms with E-state index in [-0.39, 0.29) is 17.2 Å². The quantitative estimate of drug-likeness (QED) is 0.481. The molecule has 1 aliphatic heterocycles. The number of allylic oxidation sites excluding steroid dienone is 3. The van der Waals surface area contributed by atoms with Crippen molar-refractivity contribution in [3.63, 3.8) is 0 Å². The van der Waals surface area contributed by atoms with E-state index in [0.29, 0.717) is 6.54 Å². The largest absolute Gasteiger partial charge is 0.373 e. The Morgan fingerprint density at radius 3 is 2.82 bits per heavy atom. The van der Waals surface area contributed by atoms with E-state index in [0.717, 1.165) is 45.3 Å². The second-order valence-corrected chi connectivity index (χ2v) is 6.84. The van der Waals surface area contributed by atoms with Crippen molar-refractivity contribution in [1.82, 2.24) is 10.2 Å². The Labute approximate surface area is 134 Å². The van der Waals surface area contributed by atoms with E-state index >= 15 is 0 Å². The fraction of sp³-hybridized carbons (Fsp3) is 0.722. The van der Waals surface area contributed by atoms with Gasteiger partial charge in [-0.2, -0.15) is 0 Å². The van der Waals surface area contributed by atoms with E-state index in [2.05, 4.69) is 35.4 Å². The fourth-order valence-electron chi connectivity index (χ4n) is 3.26. The summed E-state index contributed by atoms with van der Waals surface area (Å²) < 4.78 is 0. The summed E-state index contributed by atoms with van der Waals surface area (Å²) in [6, 6.07) is 0. The molecule has 1 atom stereocenters. The van der Waals surface area contributed by atoms with Crippen LogP contribution in [0.25, 0.3) is 0 Å². The van der Waals surface area contributed by atoms with Crippen molar-refractivity contribution < 1.29 is 4.79 Å². The highest BCUT2D eigenvalue weighted by atomic mass is 16.1. The van der Waals surface area contributed by atoms with Crippen LogP contribution in [0.5, 0.6) is 0 Å². The summed E-state index contributed by atoms with van der Waals surface area (Å²) in [5, 5.41) is 3.11. The Bertz CT molecular complexity index is 436.